The maximum Gasteiger partial charge on any atom is 0.134 e. The van der Waals surface area contributed by atoms with Crippen LogP contribution in [0.5, 0.6) is 0 Å². The van der Waals surface area contributed by atoms with Crippen LogP contribution in [0.3, 0.4) is 0 Å². The fourth-order valence-electron chi connectivity index (χ4n) is 2.33. The van der Waals surface area contributed by atoms with Crippen LogP contribution >= 0.6 is 0 Å². The Kier molecular flexibility index (Phi) is 4.03. The molecule has 112 valence electrons. The molecule has 1 N–H and O–H groups in total. The number of aromatic nitrogens is 2. The Morgan fingerprint density at radius 1 is 0.957 bits per heavy atom. The van der Waals surface area contributed by atoms with Gasteiger partial charge in [0.25, 0.3) is 0 Å². The highest BCUT2D eigenvalue weighted by molar-refractivity contribution is 5.68. The van der Waals surface area contributed by atoms with Crippen LogP contribution < -0.4 is 5.32 Å². The van der Waals surface area contributed by atoms with E-state index < -0.39 is 0 Å². The van der Waals surface area contributed by atoms with Crippen molar-refractivity contribution in [3.8, 4) is 17.3 Å². The lowest BCUT2D eigenvalue weighted by molar-refractivity contribution is 1.06. The van der Waals surface area contributed by atoms with Gasteiger partial charge in [-0.25, -0.2) is 9.97 Å². The number of nitrogens with one attached hydrogen (secondary N) is 1. The van der Waals surface area contributed by atoms with E-state index in [4.69, 9.17) is 0 Å². The lowest BCUT2D eigenvalue weighted by Crippen LogP contribution is -2.00. The van der Waals surface area contributed by atoms with Crippen LogP contribution in [0, 0.1) is 25.2 Å². The summed E-state index contributed by atoms with van der Waals surface area (Å²) < 4.78 is 0. The molecule has 0 aliphatic rings. The van der Waals surface area contributed by atoms with Crippen LogP contribution in [0.15, 0.2) is 54.6 Å². The highest BCUT2D eigenvalue weighted by atomic mass is 15.0. The van der Waals surface area contributed by atoms with Crippen LogP contribution in [0.1, 0.15) is 17.0 Å². The summed E-state index contributed by atoms with van der Waals surface area (Å²) in [6.45, 7) is 3.92. The van der Waals surface area contributed by atoms with Gasteiger partial charge in [0.2, 0.25) is 0 Å². The van der Waals surface area contributed by atoms with Crippen LogP contribution in [0.4, 0.5) is 11.5 Å². The van der Waals surface area contributed by atoms with Gasteiger partial charge in [0.05, 0.1) is 16.9 Å². The standard InChI is InChI=1S/C19H16N4/c1-13-7-9-15(10-8-13)18-11-19(22-14(2)21-18)23-17-6-4-3-5-16(17)12-20/h3-11H,1-2H3,(H,21,22,23). The molecule has 23 heavy (non-hydrogen) atoms. The first kappa shape index (κ1) is 14.7. The van der Waals surface area contributed by atoms with Crippen molar-refractivity contribution in [2.45, 2.75) is 13.8 Å². The first-order valence-corrected chi connectivity index (χ1v) is 7.34. The van der Waals surface area contributed by atoms with E-state index in [1.54, 1.807) is 6.07 Å². The Labute approximate surface area is 135 Å². The Morgan fingerprint density at radius 2 is 1.70 bits per heavy atom. The highest BCUT2D eigenvalue weighted by Crippen LogP contribution is 2.24. The van der Waals surface area contributed by atoms with Crippen molar-refractivity contribution in [2.75, 3.05) is 5.32 Å². The van der Waals surface area contributed by atoms with Crippen molar-refractivity contribution in [1.29, 1.82) is 5.26 Å². The Balaban J connectivity index is 1.98. The van der Waals surface area contributed by atoms with Gasteiger partial charge >= 0.3 is 0 Å². The number of nitrogens with zero attached hydrogens (tertiary/aromatic N) is 3. The topological polar surface area (TPSA) is 61.6 Å². The summed E-state index contributed by atoms with van der Waals surface area (Å²) in [5.41, 5.74) is 4.43. The lowest BCUT2D eigenvalue weighted by Gasteiger charge is -2.10. The molecular weight excluding hydrogens is 284 g/mol. The van der Waals surface area contributed by atoms with Gasteiger partial charge < -0.3 is 5.32 Å². The molecule has 0 unspecified atom stereocenters. The molecule has 0 saturated carbocycles. The molecular formula is C19H16N4. The van der Waals surface area contributed by atoms with E-state index in [1.165, 1.54) is 5.56 Å². The van der Waals surface area contributed by atoms with Crippen molar-refractivity contribution in [3.05, 3.63) is 71.5 Å². The predicted molar refractivity (Wildman–Crippen MR) is 91.4 cm³/mol. The van der Waals surface area contributed by atoms with Crippen molar-refractivity contribution >= 4 is 11.5 Å². The van der Waals surface area contributed by atoms with E-state index >= 15 is 0 Å². The lowest BCUT2D eigenvalue weighted by atomic mass is 10.1. The molecule has 0 fully saturated rings. The summed E-state index contributed by atoms with van der Waals surface area (Å²) in [4.78, 5) is 8.92. The Hall–Kier alpha value is -3.19. The summed E-state index contributed by atoms with van der Waals surface area (Å²) in [6.07, 6.45) is 0. The van der Waals surface area contributed by atoms with E-state index in [9.17, 15) is 5.26 Å². The molecule has 4 heteroatoms. The first-order chi connectivity index (χ1) is 11.2. The van der Waals surface area contributed by atoms with Gasteiger partial charge in [-0.05, 0) is 26.0 Å². The molecule has 0 aliphatic heterocycles. The van der Waals surface area contributed by atoms with Crippen molar-refractivity contribution in [2.24, 2.45) is 0 Å². The zero-order chi connectivity index (χ0) is 16.2. The molecule has 1 aromatic heterocycles. The minimum absolute atomic E-state index is 0.584. The van der Waals surface area contributed by atoms with E-state index in [0.717, 1.165) is 16.9 Å². The van der Waals surface area contributed by atoms with E-state index in [1.807, 2.05) is 43.3 Å². The number of rotatable bonds is 3. The van der Waals surface area contributed by atoms with Gasteiger partial charge in [0, 0.05) is 11.6 Å². The average Bonchev–Trinajstić information content (AvgIpc) is 2.55. The molecule has 0 spiro atoms. The average molecular weight is 300 g/mol. The molecule has 0 amide bonds. The zero-order valence-electron chi connectivity index (χ0n) is 13.0. The van der Waals surface area contributed by atoms with Gasteiger partial charge in [-0.1, -0.05) is 42.0 Å². The maximum absolute atomic E-state index is 9.19. The van der Waals surface area contributed by atoms with Crippen LogP contribution in [0.25, 0.3) is 11.3 Å². The smallest absolute Gasteiger partial charge is 0.134 e. The van der Waals surface area contributed by atoms with Gasteiger partial charge in [-0.2, -0.15) is 5.26 Å². The van der Waals surface area contributed by atoms with Crippen LogP contribution in [0.2, 0.25) is 0 Å². The van der Waals surface area contributed by atoms with Gasteiger partial charge in [-0.3, -0.25) is 0 Å². The number of hydrogen-bond acceptors (Lipinski definition) is 4. The molecule has 0 saturated heterocycles. The largest absolute Gasteiger partial charge is 0.339 e. The molecule has 3 rings (SSSR count). The molecule has 3 aromatic rings. The zero-order valence-corrected chi connectivity index (χ0v) is 13.0. The van der Waals surface area contributed by atoms with Crippen molar-refractivity contribution in [1.82, 2.24) is 9.97 Å². The molecule has 0 bridgehead atoms. The molecule has 0 aliphatic carbocycles. The minimum Gasteiger partial charge on any atom is -0.339 e. The first-order valence-electron chi connectivity index (χ1n) is 7.34. The maximum atomic E-state index is 9.19. The number of benzene rings is 2. The molecule has 1 heterocycles. The number of para-hydroxylation sites is 1. The second-order valence-corrected chi connectivity index (χ2v) is 5.33. The summed E-state index contributed by atoms with van der Waals surface area (Å²) in [6, 6.07) is 19.6. The second-order valence-electron chi connectivity index (χ2n) is 5.33. The molecule has 0 atom stereocenters. The quantitative estimate of drug-likeness (QED) is 0.780. The molecule has 4 nitrogen and oxygen atoms in total. The summed E-state index contributed by atoms with van der Waals surface area (Å²) in [7, 11) is 0. The minimum atomic E-state index is 0.584. The highest BCUT2D eigenvalue weighted by Gasteiger charge is 2.07. The van der Waals surface area contributed by atoms with Crippen molar-refractivity contribution in [3.63, 3.8) is 0 Å². The van der Waals surface area contributed by atoms with Gasteiger partial charge in [0.1, 0.15) is 17.7 Å². The fraction of sp³-hybridized carbons (Fsp3) is 0.105. The van der Waals surface area contributed by atoms with E-state index in [-0.39, 0.29) is 0 Å². The van der Waals surface area contributed by atoms with E-state index in [0.29, 0.717) is 17.2 Å². The number of aryl methyl sites for hydroxylation is 2. The third-order valence-corrected chi connectivity index (χ3v) is 3.50. The normalized spacial score (nSPS) is 10.1. The monoisotopic (exact) mass is 300 g/mol. The SMILES string of the molecule is Cc1ccc(-c2cc(Nc3ccccc3C#N)nc(C)n2)cc1. The van der Waals surface area contributed by atoms with Gasteiger partial charge in [-0.15, -0.1) is 0 Å². The summed E-state index contributed by atoms with van der Waals surface area (Å²) in [5.74, 6) is 1.36. The van der Waals surface area contributed by atoms with Crippen LogP contribution in [-0.2, 0) is 0 Å². The second kappa shape index (κ2) is 6.29. The number of hydrogen-bond donors (Lipinski definition) is 1. The summed E-state index contributed by atoms with van der Waals surface area (Å²) in [5, 5.41) is 12.4. The predicted octanol–water partition coefficient (Wildman–Crippen LogP) is 4.38. The van der Waals surface area contributed by atoms with Gasteiger partial charge in [0.15, 0.2) is 0 Å². The number of anilines is 2. The summed E-state index contributed by atoms with van der Waals surface area (Å²) >= 11 is 0. The fourth-order valence-corrected chi connectivity index (χ4v) is 2.33. The Bertz CT molecular complexity index is 877. The molecule has 0 radical (unpaired) electrons. The van der Waals surface area contributed by atoms with Crippen LogP contribution in [-0.4, -0.2) is 9.97 Å². The third-order valence-electron chi connectivity index (χ3n) is 3.50. The number of nitriles is 1. The third kappa shape index (κ3) is 3.35. The van der Waals surface area contributed by atoms with Crippen molar-refractivity contribution < 1.29 is 0 Å². The van der Waals surface area contributed by atoms with E-state index in [2.05, 4.69) is 40.4 Å². The Morgan fingerprint density at radius 3 is 2.43 bits per heavy atom. The molecule has 2 aromatic carbocycles.